The third-order valence-electron chi connectivity index (χ3n) is 1.38. The van der Waals surface area contributed by atoms with Gasteiger partial charge in [-0.25, -0.2) is 9.78 Å². The first kappa shape index (κ1) is 10.1. The van der Waals surface area contributed by atoms with Crippen molar-refractivity contribution in [2.24, 2.45) is 5.73 Å². The molecule has 0 aromatic carbocycles. The number of hydrogen-bond donors (Lipinski definition) is 3. The van der Waals surface area contributed by atoms with Crippen molar-refractivity contribution in [2.75, 3.05) is 17.7 Å². The number of rotatable bonds is 3. The number of carbonyl (C=O) groups excluding carboxylic acids is 1. The minimum atomic E-state index is -0.689. The molecule has 0 radical (unpaired) electrons. The Hall–Kier alpha value is -1.98. The van der Waals surface area contributed by atoms with E-state index in [9.17, 15) is 4.79 Å². The predicted molar refractivity (Wildman–Crippen MR) is 53.0 cm³/mol. The molecule has 0 aliphatic heterocycles. The monoisotopic (exact) mass is 196 g/mol. The summed E-state index contributed by atoms with van der Waals surface area (Å²) in [5.41, 5.74) is 10.4. The van der Waals surface area contributed by atoms with Gasteiger partial charge in [0.25, 0.3) is 0 Å². The van der Waals surface area contributed by atoms with Crippen LogP contribution >= 0.6 is 0 Å². The molecule has 0 saturated heterocycles. The van der Waals surface area contributed by atoms with Crippen LogP contribution in [0.2, 0.25) is 0 Å². The molecule has 14 heavy (non-hydrogen) atoms. The first-order valence-corrected chi connectivity index (χ1v) is 4.08. The molecule has 0 aliphatic carbocycles. The molecule has 1 aromatic rings. The second-order valence-electron chi connectivity index (χ2n) is 2.54. The molecule has 0 fully saturated rings. The number of aromatic nitrogens is 1. The maximum atomic E-state index is 10.5. The van der Waals surface area contributed by atoms with Gasteiger partial charge in [0, 0.05) is 12.1 Å². The fourth-order valence-electron chi connectivity index (χ4n) is 0.966. The molecular formula is C8H12N4O2. The SMILES string of the molecule is CCOc1cc(N)nc(NC(N)=O)c1. The lowest BCUT2D eigenvalue weighted by molar-refractivity contribution is 0.259. The van der Waals surface area contributed by atoms with E-state index in [0.717, 1.165) is 0 Å². The summed E-state index contributed by atoms with van der Waals surface area (Å²) in [6.45, 7) is 2.36. The largest absolute Gasteiger partial charge is 0.494 e. The fourth-order valence-corrected chi connectivity index (χ4v) is 0.966. The van der Waals surface area contributed by atoms with E-state index in [1.165, 1.54) is 0 Å². The standard InChI is InChI=1S/C8H12N4O2/c1-2-14-5-3-6(9)11-7(4-5)12-8(10)13/h3-4H,2H2,1H3,(H5,9,10,11,12,13). The maximum Gasteiger partial charge on any atom is 0.317 e. The molecular weight excluding hydrogens is 184 g/mol. The number of carbonyl (C=O) groups is 1. The van der Waals surface area contributed by atoms with Crippen LogP contribution in [0, 0.1) is 0 Å². The van der Waals surface area contributed by atoms with Crippen LogP contribution in [0.5, 0.6) is 5.75 Å². The predicted octanol–water partition coefficient (Wildman–Crippen LogP) is 0.553. The zero-order valence-electron chi connectivity index (χ0n) is 7.78. The van der Waals surface area contributed by atoms with Gasteiger partial charge in [0.1, 0.15) is 17.4 Å². The average Bonchev–Trinajstić information content (AvgIpc) is 2.01. The van der Waals surface area contributed by atoms with Gasteiger partial charge in [0.15, 0.2) is 0 Å². The van der Waals surface area contributed by atoms with E-state index in [4.69, 9.17) is 16.2 Å². The third kappa shape index (κ3) is 2.81. The number of nitrogens with one attached hydrogen (secondary N) is 1. The number of anilines is 2. The second kappa shape index (κ2) is 4.31. The van der Waals surface area contributed by atoms with Crippen molar-refractivity contribution < 1.29 is 9.53 Å². The Morgan fingerprint density at radius 2 is 2.36 bits per heavy atom. The summed E-state index contributed by atoms with van der Waals surface area (Å²) in [5.74, 6) is 1.09. The molecule has 6 heteroatoms. The number of pyridine rings is 1. The molecule has 6 nitrogen and oxygen atoms in total. The maximum absolute atomic E-state index is 10.5. The summed E-state index contributed by atoms with van der Waals surface area (Å²) >= 11 is 0. The molecule has 1 heterocycles. The molecule has 1 aromatic heterocycles. The quantitative estimate of drug-likeness (QED) is 0.656. The molecule has 0 bridgehead atoms. The van der Waals surface area contributed by atoms with Gasteiger partial charge in [-0.2, -0.15) is 0 Å². The third-order valence-corrected chi connectivity index (χ3v) is 1.38. The highest BCUT2D eigenvalue weighted by Crippen LogP contribution is 2.18. The molecule has 0 atom stereocenters. The number of amides is 2. The molecule has 5 N–H and O–H groups in total. The molecule has 2 amide bonds. The van der Waals surface area contributed by atoms with E-state index in [1.54, 1.807) is 12.1 Å². The van der Waals surface area contributed by atoms with Gasteiger partial charge >= 0.3 is 6.03 Å². The van der Waals surface area contributed by atoms with Crippen LogP contribution in [0.15, 0.2) is 12.1 Å². The van der Waals surface area contributed by atoms with Crippen LogP contribution in [0.25, 0.3) is 0 Å². The Labute approximate surface area is 81.3 Å². The van der Waals surface area contributed by atoms with E-state index in [-0.39, 0.29) is 11.6 Å². The number of urea groups is 1. The van der Waals surface area contributed by atoms with E-state index >= 15 is 0 Å². The fraction of sp³-hybridized carbons (Fsp3) is 0.250. The van der Waals surface area contributed by atoms with Crippen LogP contribution in [0.1, 0.15) is 6.92 Å². The zero-order valence-corrected chi connectivity index (χ0v) is 7.78. The van der Waals surface area contributed by atoms with Crippen molar-refractivity contribution in [3.63, 3.8) is 0 Å². The van der Waals surface area contributed by atoms with Gasteiger partial charge in [-0.3, -0.25) is 5.32 Å². The van der Waals surface area contributed by atoms with Crippen LogP contribution in [-0.2, 0) is 0 Å². The minimum absolute atomic E-state index is 0.264. The summed E-state index contributed by atoms with van der Waals surface area (Å²) in [5, 5.41) is 2.31. The lowest BCUT2D eigenvalue weighted by Gasteiger charge is -2.06. The Kier molecular flexibility index (Phi) is 3.11. The van der Waals surface area contributed by atoms with E-state index in [2.05, 4.69) is 10.3 Å². The van der Waals surface area contributed by atoms with Crippen LogP contribution < -0.4 is 21.5 Å². The van der Waals surface area contributed by atoms with E-state index < -0.39 is 6.03 Å². The molecule has 0 saturated carbocycles. The lowest BCUT2D eigenvalue weighted by Crippen LogP contribution is -2.20. The van der Waals surface area contributed by atoms with Crippen molar-refractivity contribution >= 4 is 17.7 Å². The number of nitrogen functional groups attached to an aromatic ring is 1. The van der Waals surface area contributed by atoms with E-state index in [1.807, 2.05) is 6.92 Å². The first-order valence-electron chi connectivity index (χ1n) is 4.08. The Morgan fingerprint density at radius 3 is 2.93 bits per heavy atom. The van der Waals surface area contributed by atoms with Crippen molar-refractivity contribution in [3.8, 4) is 5.75 Å². The molecule has 0 spiro atoms. The highest BCUT2D eigenvalue weighted by molar-refractivity contribution is 5.87. The Balaban J connectivity index is 2.88. The lowest BCUT2D eigenvalue weighted by atomic mass is 10.4. The minimum Gasteiger partial charge on any atom is -0.494 e. The van der Waals surface area contributed by atoms with Crippen LogP contribution in [-0.4, -0.2) is 17.6 Å². The first-order chi connectivity index (χ1) is 6.61. The summed E-state index contributed by atoms with van der Waals surface area (Å²) < 4.78 is 5.20. The number of nitrogens with two attached hydrogens (primary N) is 2. The summed E-state index contributed by atoms with van der Waals surface area (Å²) in [4.78, 5) is 14.4. The molecule has 76 valence electrons. The Morgan fingerprint density at radius 1 is 1.64 bits per heavy atom. The smallest absolute Gasteiger partial charge is 0.317 e. The molecule has 0 unspecified atom stereocenters. The normalized spacial score (nSPS) is 9.50. The van der Waals surface area contributed by atoms with Gasteiger partial charge in [-0.05, 0) is 6.92 Å². The number of ether oxygens (including phenoxy) is 1. The molecule has 0 aliphatic rings. The highest BCUT2D eigenvalue weighted by atomic mass is 16.5. The van der Waals surface area contributed by atoms with Gasteiger partial charge in [0.05, 0.1) is 6.61 Å². The van der Waals surface area contributed by atoms with Crippen LogP contribution in [0.4, 0.5) is 16.4 Å². The van der Waals surface area contributed by atoms with Gasteiger partial charge in [0.2, 0.25) is 0 Å². The van der Waals surface area contributed by atoms with Gasteiger partial charge in [-0.1, -0.05) is 0 Å². The average molecular weight is 196 g/mol. The highest BCUT2D eigenvalue weighted by Gasteiger charge is 2.02. The van der Waals surface area contributed by atoms with E-state index in [0.29, 0.717) is 12.4 Å². The van der Waals surface area contributed by atoms with Crippen molar-refractivity contribution in [3.05, 3.63) is 12.1 Å². The zero-order chi connectivity index (χ0) is 10.6. The Bertz CT molecular complexity index is 340. The summed E-state index contributed by atoms with van der Waals surface area (Å²) in [7, 11) is 0. The van der Waals surface area contributed by atoms with Crippen molar-refractivity contribution in [2.45, 2.75) is 6.92 Å². The van der Waals surface area contributed by atoms with Crippen LogP contribution in [0.3, 0.4) is 0 Å². The number of primary amides is 1. The van der Waals surface area contributed by atoms with Crippen molar-refractivity contribution in [1.82, 2.24) is 4.98 Å². The summed E-state index contributed by atoms with van der Waals surface area (Å²) in [6.07, 6.45) is 0. The van der Waals surface area contributed by atoms with Gasteiger partial charge < -0.3 is 16.2 Å². The number of nitrogens with zero attached hydrogens (tertiary/aromatic N) is 1. The number of hydrogen-bond acceptors (Lipinski definition) is 4. The van der Waals surface area contributed by atoms with Gasteiger partial charge in [-0.15, -0.1) is 0 Å². The second-order valence-corrected chi connectivity index (χ2v) is 2.54. The molecule has 1 rings (SSSR count). The topological polar surface area (TPSA) is 103 Å². The van der Waals surface area contributed by atoms with Crippen molar-refractivity contribution in [1.29, 1.82) is 0 Å². The summed E-state index contributed by atoms with van der Waals surface area (Å²) in [6, 6.07) is 2.42.